The summed E-state index contributed by atoms with van der Waals surface area (Å²) in [5, 5.41) is 9.58. The van der Waals surface area contributed by atoms with E-state index in [1.165, 1.54) is 5.56 Å². The first kappa shape index (κ1) is 15.5. The van der Waals surface area contributed by atoms with E-state index in [1.807, 2.05) is 25.1 Å². The van der Waals surface area contributed by atoms with E-state index in [2.05, 4.69) is 21.9 Å². The fourth-order valence-electron chi connectivity index (χ4n) is 3.67. The number of aliphatic carboxylic acids is 1. The van der Waals surface area contributed by atoms with E-state index < -0.39 is 12.0 Å². The molecule has 0 spiro atoms. The van der Waals surface area contributed by atoms with E-state index in [0.29, 0.717) is 19.1 Å². The number of hydrogen-bond donors (Lipinski definition) is 1. The van der Waals surface area contributed by atoms with Crippen molar-refractivity contribution in [3.63, 3.8) is 0 Å². The van der Waals surface area contributed by atoms with E-state index in [-0.39, 0.29) is 6.10 Å². The zero-order valence-corrected chi connectivity index (χ0v) is 13.0. The summed E-state index contributed by atoms with van der Waals surface area (Å²) in [6.07, 6.45) is 1.26. The number of ether oxygens (including phenoxy) is 1. The van der Waals surface area contributed by atoms with Gasteiger partial charge < -0.3 is 9.84 Å². The third-order valence-electron chi connectivity index (χ3n) is 4.70. The fraction of sp³-hybridized carbons (Fsp3) is 0.588. The Hall–Kier alpha value is -1.43. The van der Waals surface area contributed by atoms with Crippen molar-refractivity contribution in [2.45, 2.75) is 38.1 Å². The topological polar surface area (TPSA) is 53.0 Å². The molecule has 2 heterocycles. The van der Waals surface area contributed by atoms with Crippen molar-refractivity contribution < 1.29 is 14.6 Å². The Morgan fingerprint density at radius 1 is 1.27 bits per heavy atom. The van der Waals surface area contributed by atoms with Gasteiger partial charge in [-0.2, -0.15) is 0 Å². The Kier molecular flexibility index (Phi) is 4.76. The van der Waals surface area contributed by atoms with E-state index in [9.17, 15) is 9.90 Å². The lowest BCUT2D eigenvalue weighted by Gasteiger charge is -2.41. The molecule has 120 valence electrons. The molecular formula is C17H24N2O3. The van der Waals surface area contributed by atoms with Crippen LogP contribution in [0.1, 0.15) is 18.9 Å². The molecule has 1 N–H and O–H groups in total. The summed E-state index contributed by atoms with van der Waals surface area (Å²) in [7, 11) is 0. The highest BCUT2D eigenvalue weighted by molar-refractivity contribution is 5.74. The lowest BCUT2D eigenvalue weighted by atomic mass is 10.1. The molecule has 2 aliphatic rings. The number of carbonyl (C=O) groups is 1. The zero-order chi connectivity index (χ0) is 15.5. The molecule has 0 radical (unpaired) electrons. The minimum absolute atomic E-state index is 0.251. The molecule has 2 saturated heterocycles. The molecule has 1 aromatic carbocycles. The number of nitrogens with zero attached hydrogens (tertiary/aromatic N) is 2. The predicted octanol–water partition coefficient (Wildman–Crippen LogP) is 1.43. The van der Waals surface area contributed by atoms with Gasteiger partial charge in [0.25, 0.3) is 0 Å². The maximum absolute atomic E-state index is 11.7. The molecule has 0 bridgehead atoms. The monoisotopic (exact) mass is 304 g/mol. The number of carboxylic acid groups (broad SMARTS) is 1. The van der Waals surface area contributed by atoms with Crippen LogP contribution in [0.25, 0.3) is 0 Å². The number of hydrogen-bond acceptors (Lipinski definition) is 4. The molecule has 3 atom stereocenters. The first-order valence-corrected chi connectivity index (χ1v) is 8.03. The maximum atomic E-state index is 11.7. The Labute approximate surface area is 131 Å². The minimum atomic E-state index is -0.728. The van der Waals surface area contributed by atoms with Crippen molar-refractivity contribution in [2.24, 2.45) is 0 Å². The molecule has 0 aliphatic carbocycles. The maximum Gasteiger partial charge on any atom is 0.322 e. The van der Waals surface area contributed by atoms with Crippen LogP contribution >= 0.6 is 0 Å². The van der Waals surface area contributed by atoms with Gasteiger partial charge in [0.05, 0.1) is 6.10 Å². The van der Waals surface area contributed by atoms with Crippen LogP contribution in [-0.2, 0) is 16.1 Å². The summed E-state index contributed by atoms with van der Waals surface area (Å²) >= 11 is 0. The molecule has 2 unspecified atom stereocenters. The third kappa shape index (κ3) is 3.32. The minimum Gasteiger partial charge on any atom is -0.480 e. The number of carboxylic acids is 1. The second-order valence-corrected chi connectivity index (χ2v) is 6.19. The van der Waals surface area contributed by atoms with E-state index in [4.69, 9.17) is 4.74 Å². The van der Waals surface area contributed by atoms with Gasteiger partial charge in [0.15, 0.2) is 0 Å². The van der Waals surface area contributed by atoms with Gasteiger partial charge in [0.1, 0.15) is 6.04 Å². The number of benzene rings is 1. The van der Waals surface area contributed by atoms with Gasteiger partial charge in [-0.25, -0.2) is 0 Å². The van der Waals surface area contributed by atoms with Gasteiger partial charge >= 0.3 is 5.97 Å². The van der Waals surface area contributed by atoms with Crippen molar-refractivity contribution in [1.82, 2.24) is 9.80 Å². The van der Waals surface area contributed by atoms with Crippen LogP contribution in [0.2, 0.25) is 0 Å². The number of fused-ring (bicyclic) bond motifs is 1. The third-order valence-corrected chi connectivity index (χ3v) is 4.70. The summed E-state index contributed by atoms with van der Waals surface area (Å²) in [4.78, 5) is 16.0. The van der Waals surface area contributed by atoms with Crippen LogP contribution in [0.5, 0.6) is 0 Å². The molecule has 22 heavy (non-hydrogen) atoms. The first-order valence-electron chi connectivity index (χ1n) is 8.03. The van der Waals surface area contributed by atoms with Gasteiger partial charge in [0.2, 0.25) is 0 Å². The van der Waals surface area contributed by atoms with Crippen molar-refractivity contribution in [3.05, 3.63) is 35.9 Å². The quantitative estimate of drug-likeness (QED) is 0.892. The lowest BCUT2D eigenvalue weighted by Crippen LogP contribution is -2.58. The second-order valence-electron chi connectivity index (χ2n) is 6.19. The number of piperazine rings is 1. The highest BCUT2D eigenvalue weighted by Crippen LogP contribution is 2.27. The first-order chi connectivity index (χ1) is 10.7. The smallest absolute Gasteiger partial charge is 0.322 e. The van der Waals surface area contributed by atoms with E-state index in [1.54, 1.807) is 0 Å². The van der Waals surface area contributed by atoms with Crippen molar-refractivity contribution >= 4 is 5.97 Å². The lowest BCUT2D eigenvalue weighted by molar-refractivity contribution is -0.147. The molecule has 2 aliphatic heterocycles. The molecule has 0 amide bonds. The second kappa shape index (κ2) is 6.77. The molecule has 1 aromatic rings. The van der Waals surface area contributed by atoms with Crippen LogP contribution in [0, 0.1) is 0 Å². The summed E-state index contributed by atoms with van der Waals surface area (Å²) in [6.45, 7) is 5.69. The van der Waals surface area contributed by atoms with Crippen molar-refractivity contribution in [2.75, 3.05) is 26.2 Å². The summed E-state index contributed by atoms with van der Waals surface area (Å²) in [5.74, 6) is -0.728. The van der Waals surface area contributed by atoms with Crippen LogP contribution in [-0.4, -0.2) is 65.3 Å². The predicted molar refractivity (Wildman–Crippen MR) is 83.7 cm³/mol. The van der Waals surface area contributed by atoms with Crippen LogP contribution in [0.15, 0.2) is 30.3 Å². The van der Waals surface area contributed by atoms with Gasteiger partial charge in [-0.05, 0) is 18.9 Å². The van der Waals surface area contributed by atoms with Crippen molar-refractivity contribution in [3.8, 4) is 0 Å². The fourth-order valence-corrected chi connectivity index (χ4v) is 3.67. The van der Waals surface area contributed by atoms with E-state index >= 15 is 0 Å². The Bertz CT molecular complexity index is 508. The van der Waals surface area contributed by atoms with Crippen molar-refractivity contribution in [1.29, 1.82) is 0 Å². The molecule has 0 saturated carbocycles. The molecule has 2 fully saturated rings. The Morgan fingerprint density at radius 2 is 2.05 bits per heavy atom. The van der Waals surface area contributed by atoms with Crippen LogP contribution in [0.3, 0.4) is 0 Å². The SMILES string of the molecule is CCOC1C[C@H]2CN(Cc3ccccc3)C(C(=O)O)CN2C1. The standard InChI is InChI=1S/C17H24N2O3/c1-2-22-15-8-14-10-19(9-13-6-4-3-5-7-13)16(17(20)21)12-18(14)11-15/h3-7,14-16H,2,8-12H2,1H3,(H,20,21)/t14-,15?,16?/m0/s1. The van der Waals surface area contributed by atoms with Crippen LogP contribution in [0.4, 0.5) is 0 Å². The van der Waals surface area contributed by atoms with E-state index in [0.717, 1.165) is 26.1 Å². The Balaban J connectivity index is 1.70. The highest BCUT2D eigenvalue weighted by atomic mass is 16.5. The zero-order valence-electron chi connectivity index (χ0n) is 13.0. The molecule has 3 rings (SSSR count). The van der Waals surface area contributed by atoms with Gasteiger partial charge in [-0.3, -0.25) is 14.6 Å². The largest absolute Gasteiger partial charge is 0.480 e. The number of rotatable bonds is 5. The van der Waals surface area contributed by atoms with Gasteiger partial charge in [-0.1, -0.05) is 30.3 Å². The average molecular weight is 304 g/mol. The van der Waals surface area contributed by atoms with Crippen LogP contribution < -0.4 is 0 Å². The Morgan fingerprint density at radius 3 is 2.73 bits per heavy atom. The van der Waals surface area contributed by atoms with Gasteiger partial charge in [-0.15, -0.1) is 0 Å². The molecular weight excluding hydrogens is 280 g/mol. The highest BCUT2D eigenvalue weighted by Gasteiger charge is 2.42. The summed E-state index contributed by atoms with van der Waals surface area (Å²) in [5.41, 5.74) is 1.17. The normalized spacial score (nSPS) is 29.4. The molecule has 5 heteroatoms. The molecule has 0 aromatic heterocycles. The van der Waals surface area contributed by atoms with Gasteiger partial charge in [0, 0.05) is 38.8 Å². The average Bonchev–Trinajstić information content (AvgIpc) is 2.89. The molecule has 5 nitrogen and oxygen atoms in total. The summed E-state index contributed by atoms with van der Waals surface area (Å²) in [6, 6.07) is 10.1. The summed E-state index contributed by atoms with van der Waals surface area (Å²) < 4.78 is 5.74.